The van der Waals surface area contributed by atoms with Crippen LogP contribution in [0.15, 0.2) is 24.3 Å². The number of nitrogens with zero attached hydrogens (tertiary/aromatic N) is 1. The molecule has 1 aromatic heterocycles. The molecule has 0 amide bonds. The molecule has 0 saturated heterocycles. The minimum Gasteiger partial charge on any atom is -0.469 e. The van der Waals surface area contributed by atoms with E-state index >= 15 is 0 Å². The van der Waals surface area contributed by atoms with E-state index in [1.165, 1.54) is 13.2 Å². The van der Waals surface area contributed by atoms with Crippen LogP contribution in [0.2, 0.25) is 0 Å². The van der Waals surface area contributed by atoms with E-state index in [9.17, 15) is 9.18 Å². The van der Waals surface area contributed by atoms with Gasteiger partial charge in [-0.1, -0.05) is 6.07 Å². The fourth-order valence-corrected chi connectivity index (χ4v) is 1.69. The van der Waals surface area contributed by atoms with Gasteiger partial charge in [-0.3, -0.25) is 9.78 Å². The number of carbonyl (C=O) groups excluding carboxylic acids is 1. The summed E-state index contributed by atoms with van der Waals surface area (Å²) in [5.74, 6) is -0.797. The molecule has 0 bridgehead atoms. The number of aromatic nitrogens is 1. The minimum atomic E-state index is -0.412. The first-order valence-corrected chi connectivity index (χ1v) is 5.23. The van der Waals surface area contributed by atoms with Gasteiger partial charge in [-0.25, -0.2) is 4.39 Å². The molecule has 1 heterocycles. The lowest BCUT2D eigenvalue weighted by atomic mass is 10.1. The predicted octanol–water partition coefficient (Wildman–Crippen LogP) is 2.40. The molecule has 1 aromatic carbocycles. The molecule has 4 heteroatoms. The molecule has 2 rings (SSSR count). The highest BCUT2D eigenvalue weighted by molar-refractivity contribution is 5.82. The third kappa shape index (κ3) is 2.41. The maximum atomic E-state index is 13.8. The average molecular weight is 233 g/mol. The van der Waals surface area contributed by atoms with E-state index in [2.05, 4.69) is 9.72 Å². The number of carbonyl (C=O) groups is 1. The fraction of sp³-hybridized carbons (Fsp3) is 0.231. The first kappa shape index (κ1) is 11.5. The van der Waals surface area contributed by atoms with Gasteiger partial charge in [0.1, 0.15) is 11.3 Å². The molecule has 0 spiro atoms. The van der Waals surface area contributed by atoms with Crippen molar-refractivity contribution < 1.29 is 13.9 Å². The second-order valence-corrected chi connectivity index (χ2v) is 3.85. The lowest BCUT2D eigenvalue weighted by Gasteiger charge is -2.04. The number of aryl methyl sites for hydroxylation is 1. The highest BCUT2D eigenvalue weighted by Gasteiger charge is 2.08. The number of hydrogen-bond donors (Lipinski definition) is 0. The van der Waals surface area contributed by atoms with E-state index < -0.39 is 5.82 Å². The zero-order chi connectivity index (χ0) is 12.4. The Morgan fingerprint density at radius 2 is 2.18 bits per heavy atom. The smallest absolute Gasteiger partial charge is 0.309 e. The van der Waals surface area contributed by atoms with E-state index in [0.717, 1.165) is 5.69 Å². The monoisotopic (exact) mass is 233 g/mol. The van der Waals surface area contributed by atoms with Crippen LogP contribution in [0.3, 0.4) is 0 Å². The van der Waals surface area contributed by atoms with Crippen LogP contribution in [0, 0.1) is 12.7 Å². The summed E-state index contributed by atoms with van der Waals surface area (Å²) in [6.45, 7) is 1.81. The molecule has 0 saturated carbocycles. The van der Waals surface area contributed by atoms with Crippen LogP contribution in [-0.4, -0.2) is 18.1 Å². The van der Waals surface area contributed by atoms with Crippen LogP contribution < -0.4 is 0 Å². The number of benzene rings is 1. The summed E-state index contributed by atoms with van der Waals surface area (Å²) in [7, 11) is 1.31. The van der Waals surface area contributed by atoms with E-state index in [0.29, 0.717) is 16.5 Å². The normalized spacial score (nSPS) is 10.5. The van der Waals surface area contributed by atoms with Gasteiger partial charge in [0, 0.05) is 11.1 Å². The number of fused-ring (bicyclic) bond motifs is 1. The lowest BCUT2D eigenvalue weighted by Crippen LogP contribution is -2.05. The van der Waals surface area contributed by atoms with Gasteiger partial charge in [-0.2, -0.15) is 0 Å². The Kier molecular flexibility index (Phi) is 3.04. The molecular formula is C13H12FNO2. The first-order chi connectivity index (χ1) is 8.10. The van der Waals surface area contributed by atoms with Crippen molar-refractivity contribution in [3.63, 3.8) is 0 Å². The first-order valence-electron chi connectivity index (χ1n) is 5.23. The molecule has 17 heavy (non-hydrogen) atoms. The summed E-state index contributed by atoms with van der Waals surface area (Å²) < 4.78 is 18.3. The van der Waals surface area contributed by atoms with Crippen molar-refractivity contribution in [1.29, 1.82) is 0 Å². The second kappa shape index (κ2) is 4.49. The Bertz CT molecular complexity index is 581. The number of hydrogen-bond acceptors (Lipinski definition) is 3. The molecule has 0 fully saturated rings. The maximum Gasteiger partial charge on any atom is 0.309 e. The summed E-state index contributed by atoms with van der Waals surface area (Å²) in [5.41, 5.74) is 1.68. The number of rotatable bonds is 2. The van der Waals surface area contributed by atoms with Gasteiger partial charge >= 0.3 is 5.97 Å². The molecule has 3 nitrogen and oxygen atoms in total. The summed E-state index contributed by atoms with van der Waals surface area (Å²) in [6, 6.07) is 6.68. The number of pyridine rings is 1. The van der Waals surface area contributed by atoms with Gasteiger partial charge in [0.25, 0.3) is 0 Å². The zero-order valence-electron chi connectivity index (χ0n) is 9.66. The Balaban J connectivity index is 2.48. The van der Waals surface area contributed by atoms with Gasteiger partial charge in [0.05, 0.1) is 13.5 Å². The van der Waals surface area contributed by atoms with Crippen molar-refractivity contribution in [3.05, 3.63) is 41.3 Å². The van der Waals surface area contributed by atoms with Crippen molar-refractivity contribution in [1.82, 2.24) is 4.98 Å². The number of halogens is 1. The van der Waals surface area contributed by atoms with Crippen molar-refractivity contribution in [2.75, 3.05) is 7.11 Å². The Hall–Kier alpha value is -1.97. The van der Waals surface area contributed by atoms with Crippen LogP contribution in [0.5, 0.6) is 0 Å². The Labute approximate surface area is 98.2 Å². The topological polar surface area (TPSA) is 39.2 Å². The fourth-order valence-electron chi connectivity index (χ4n) is 1.69. The quantitative estimate of drug-likeness (QED) is 0.748. The third-order valence-electron chi connectivity index (χ3n) is 2.52. The maximum absolute atomic E-state index is 13.8. The largest absolute Gasteiger partial charge is 0.469 e. The molecule has 2 aromatic rings. The van der Waals surface area contributed by atoms with Crippen molar-refractivity contribution in [2.24, 2.45) is 0 Å². The highest BCUT2D eigenvalue weighted by Crippen LogP contribution is 2.19. The van der Waals surface area contributed by atoms with E-state index in [-0.39, 0.29) is 12.4 Å². The molecule has 0 radical (unpaired) electrons. The van der Waals surface area contributed by atoms with Gasteiger partial charge in [0.2, 0.25) is 0 Å². The Morgan fingerprint density at radius 3 is 2.88 bits per heavy atom. The van der Waals surface area contributed by atoms with Gasteiger partial charge < -0.3 is 4.74 Å². The van der Waals surface area contributed by atoms with E-state index in [4.69, 9.17) is 0 Å². The molecule has 0 atom stereocenters. The Morgan fingerprint density at radius 1 is 1.41 bits per heavy atom. The number of methoxy groups -OCH3 is 1. The zero-order valence-corrected chi connectivity index (χ0v) is 9.66. The summed E-state index contributed by atoms with van der Waals surface area (Å²) in [6.07, 6.45) is 0.0667. The predicted molar refractivity (Wildman–Crippen MR) is 62.2 cm³/mol. The molecule has 0 N–H and O–H groups in total. The van der Waals surface area contributed by atoms with Crippen LogP contribution >= 0.6 is 0 Å². The summed E-state index contributed by atoms with van der Waals surface area (Å²) >= 11 is 0. The second-order valence-electron chi connectivity index (χ2n) is 3.85. The third-order valence-corrected chi connectivity index (χ3v) is 2.52. The van der Waals surface area contributed by atoms with E-state index in [1.54, 1.807) is 19.1 Å². The SMILES string of the molecule is COC(=O)Cc1cc(F)c2nc(C)ccc2c1. The highest BCUT2D eigenvalue weighted by atomic mass is 19.1. The summed E-state index contributed by atoms with van der Waals surface area (Å²) in [4.78, 5) is 15.2. The van der Waals surface area contributed by atoms with Crippen LogP contribution in [0.1, 0.15) is 11.3 Å². The average Bonchev–Trinajstić information content (AvgIpc) is 2.30. The van der Waals surface area contributed by atoms with Crippen molar-refractivity contribution in [3.8, 4) is 0 Å². The van der Waals surface area contributed by atoms with Crippen LogP contribution in [0.25, 0.3) is 10.9 Å². The van der Waals surface area contributed by atoms with Crippen LogP contribution in [-0.2, 0) is 16.0 Å². The van der Waals surface area contributed by atoms with Gasteiger partial charge in [0.15, 0.2) is 0 Å². The van der Waals surface area contributed by atoms with Gasteiger partial charge in [-0.05, 0) is 30.7 Å². The number of ether oxygens (including phenoxy) is 1. The molecule has 0 aliphatic rings. The molecule has 0 aliphatic heterocycles. The summed E-state index contributed by atoms with van der Waals surface area (Å²) in [5, 5.41) is 0.689. The standard InChI is InChI=1S/C13H12FNO2/c1-8-3-4-10-5-9(7-12(16)17-2)6-11(14)13(10)15-8/h3-6H,7H2,1-2H3. The van der Waals surface area contributed by atoms with Crippen LogP contribution in [0.4, 0.5) is 4.39 Å². The van der Waals surface area contributed by atoms with Crippen molar-refractivity contribution >= 4 is 16.9 Å². The van der Waals surface area contributed by atoms with Gasteiger partial charge in [-0.15, -0.1) is 0 Å². The molecular weight excluding hydrogens is 221 g/mol. The molecule has 88 valence electrons. The van der Waals surface area contributed by atoms with E-state index in [1.807, 2.05) is 6.07 Å². The molecule has 0 aliphatic carbocycles. The van der Waals surface area contributed by atoms with Crippen molar-refractivity contribution in [2.45, 2.75) is 13.3 Å². The lowest BCUT2D eigenvalue weighted by molar-refractivity contribution is -0.139. The number of esters is 1. The minimum absolute atomic E-state index is 0.0667. The molecule has 0 unspecified atom stereocenters.